The van der Waals surface area contributed by atoms with E-state index in [4.69, 9.17) is 11.6 Å². The van der Waals surface area contributed by atoms with E-state index in [1.54, 1.807) is 49.4 Å². The van der Waals surface area contributed by atoms with Crippen LogP contribution in [0.4, 0.5) is 11.4 Å². The number of nitro benzene ring substituents is 1. The molecule has 0 radical (unpaired) electrons. The molecule has 44 heavy (non-hydrogen) atoms. The van der Waals surface area contributed by atoms with Crippen molar-refractivity contribution in [2.24, 2.45) is 0 Å². The smallest absolute Gasteiger partial charge is 0.269 e. The van der Waals surface area contributed by atoms with Crippen LogP contribution in [0.3, 0.4) is 0 Å². The van der Waals surface area contributed by atoms with Crippen LogP contribution >= 0.6 is 11.6 Å². The van der Waals surface area contributed by atoms with Crippen molar-refractivity contribution in [2.45, 2.75) is 30.8 Å². The second-order valence-electron chi connectivity index (χ2n) is 9.85. The topological polar surface area (TPSA) is 130 Å². The summed E-state index contributed by atoms with van der Waals surface area (Å²) in [6.45, 7) is 1.41. The van der Waals surface area contributed by atoms with Gasteiger partial charge in [0.15, 0.2) is 0 Å². The molecule has 0 aliphatic carbocycles. The van der Waals surface area contributed by atoms with Crippen molar-refractivity contribution >= 4 is 44.8 Å². The van der Waals surface area contributed by atoms with Crippen LogP contribution in [0.15, 0.2) is 114 Å². The molecule has 0 saturated heterocycles. The Labute approximate surface area is 261 Å². The van der Waals surface area contributed by atoms with Crippen LogP contribution < -0.4 is 9.62 Å². The van der Waals surface area contributed by atoms with Gasteiger partial charge in [0.25, 0.3) is 15.7 Å². The third-order valence-electron chi connectivity index (χ3n) is 6.85. The Morgan fingerprint density at radius 3 is 2.02 bits per heavy atom. The number of halogens is 1. The number of sulfonamides is 1. The van der Waals surface area contributed by atoms with E-state index in [0.29, 0.717) is 17.1 Å². The molecule has 0 fully saturated rings. The molecular weight excluding hydrogens is 604 g/mol. The quantitative estimate of drug-likeness (QED) is 0.159. The van der Waals surface area contributed by atoms with Crippen LogP contribution in [0.5, 0.6) is 0 Å². The first-order valence-corrected chi connectivity index (χ1v) is 15.6. The minimum atomic E-state index is -4.31. The van der Waals surface area contributed by atoms with Gasteiger partial charge in [0, 0.05) is 36.7 Å². The van der Waals surface area contributed by atoms with Crippen LogP contribution in [0, 0.1) is 10.1 Å². The normalized spacial score (nSPS) is 11.8. The highest BCUT2D eigenvalue weighted by molar-refractivity contribution is 7.92. The lowest BCUT2D eigenvalue weighted by Gasteiger charge is -2.33. The molecule has 4 aromatic rings. The van der Waals surface area contributed by atoms with Gasteiger partial charge in [0.2, 0.25) is 11.8 Å². The van der Waals surface area contributed by atoms with Gasteiger partial charge >= 0.3 is 0 Å². The fourth-order valence-electron chi connectivity index (χ4n) is 4.62. The zero-order valence-electron chi connectivity index (χ0n) is 23.9. The number of nitrogens with zero attached hydrogens (tertiary/aromatic N) is 3. The van der Waals surface area contributed by atoms with Gasteiger partial charge in [-0.05, 0) is 54.4 Å². The van der Waals surface area contributed by atoms with Gasteiger partial charge in [0.05, 0.1) is 15.5 Å². The number of likely N-dealkylation sites (N-methyl/N-ethyl adjacent to an activating group) is 1. The molecule has 0 aliphatic rings. The van der Waals surface area contributed by atoms with Crippen LogP contribution in [0.1, 0.15) is 18.1 Å². The van der Waals surface area contributed by atoms with Gasteiger partial charge < -0.3 is 10.2 Å². The highest BCUT2D eigenvalue weighted by Crippen LogP contribution is 2.27. The largest absolute Gasteiger partial charge is 0.355 e. The standard InChI is InChI=1S/C32H31ClN4O6S/c1-2-34-32(39)30(21-24-9-5-3-6-10-24)35(22-25-13-15-26(33)16-14-25)31(38)23-36(27-17-19-28(20-18-27)37(40)41)44(42,43)29-11-7-4-8-12-29/h3-20,30H,2,21-23H2,1H3,(H,34,39)/t30-/m1/s1. The molecule has 10 nitrogen and oxygen atoms in total. The van der Waals surface area contributed by atoms with Gasteiger partial charge in [-0.15, -0.1) is 0 Å². The average Bonchev–Trinajstić information content (AvgIpc) is 3.03. The van der Waals surface area contributed by atoms with Gasteiger partial charge in [0.1, 0.15) is 12.6 Å². The van der Waals surface area contributed by atoms with Gasteiger partial charge in [-0.25, -0.2) is 8.42 Å². The predicted octanol–water partition coefficient (Wildman–Crippen LogP) is 5.22. The predicted molar refractivity (Wildman–Crippen MR) is 169 cm³/mol. The fraction of sp³-hybridized carbons (Fsp3) is 0.188. The zero-order valence-corrected chi connectivity index (χ0v) is 25.4. The van der Waals surface area contributed by atoms with Crippen molar-refractivity contribution in [3.8, 4) is 0 Å². The Balaban J connectivity index is 1.79. The summed E-state index contributed by atoms with van der Waals surface area (Å²) < 4.78 is 28.8. The Morgan fingerprint density at radius 2 is 1.45 bits per heavy atom. The second kappa shape index (κ2) is 14.6. The molecule has 228 valence electrons. The van der Waals surface area contributed by atoms with E-state index in [1.807, 2.05) is 30.3 Å². The number of amides is 2. The summed E-state index contributed by atoms with van der Waals surface area (Å²) in [5.41, 5.74) is 1.30. The van der Waals surface area contributed by atoms with Gasteiger partial charge in [-0.1, -0.05) is 72.3 Å². The van der Waals surface area contributed by atoms with E-state index in [9.17, 15) is 28.1 Å². The van der Waals surface area contributed by atoms with Crippen molar-refractivity contribution in [1.29, 1.82) is 0 Å². The summed E-state index contributed by atoms with van der Waals surface area (Å²) in [5, 5.41) is 14.6. The van der Waals surface area contributed by atoms with E-state index in [0.717, 1.165) is 9.87 Å². The van der Waals surface area contributed by atoms with Crippen LogP contribution in [-0.2, 0) is 32.6 Å². The SMILES string of the molecule is CCNC(=O)[C@@H](Cc1ccccc1)N(Cc1ccc(Cl)cc1)C(=O)CN(c1ccc([N+](=O)[O-])cc1)S(=O)(=O)c1ccccc1. The Kier molecular flexibility index (Phi) is 10.7. The number of hydrogen-bond acceptors (Lipinski definition) is 6. The number of rotatable bonds is 13. The van der Waals surface area contributed by atoms with E-state index in [1.165, 1.54) is 41.3 Å². The Hall–Kier alpha value is -4.74. The number of nitrogens with one attached hydrogen (secondary N) is 1. The molecular formula is C32H31ClN4O6S. The summed E-state index contributed by atoms with van der Waals surface area (Å²) in [6.07, 6.45) is 0.176. The third kappa shape index (κ3) is 8.00. The lowest BCUT2D eigenvalue weighted by atomic mass is 10.0. The second-order valence-corrected chi connectivity index (χ2v) is 12.1. The fourth-order valence-corrected chi connectivity index (χ4v) is 6.18. The molecule has 0 aromatic heterocycles. The maximum absolute atomic E-state index is 14.3. The Morgan fingerprint density at radius 1 is 0.864 bits per heavy atom. The zero-order chi connectivity index (χ0) is 31.7. The molecule has 0 heterocycles. The number of carbonyl (C=O) groups is 2. The number of carbonyl (C=O) groups excluding carboxylic acids is 2. The number of non-ortho nitro benzene ring substituents is 1. The molecule has 12 heteroatoms. The molecule has 1 N–H and O–H groups in total. The van der Waals surface area contributed by atoms with Crippen molar-refractivity contribution in [3.05, 3.63) is 135 Å². The highest BCUT2D eigenvalue weighted by Gasteiger charge is 2.34. The van der Waals surface area contributed by atoms with E-state index in [2.05, 4.69) is 5.32 Å². The minimum Gasteiger partial charge on any atom is -0.355 e. The lowest BCUT2D eigenvalue weighted by molar-refractivity contribution is -0.384. The van der Waals surface area contributed by atoms with Crippen LogP contribution in [0.2, 0.25) is 5.02 Å². The van der Waals surface area contributed by atoms with E-state index >= 15 is 0 Å². The molecule has 4 rings (SSSR count). The molecule has 0 saturated carbocycles. The average molecular weight is 635 g/mol. The number of anilines is 1. The van der Waals surface area contributed by atoms with Gasteiger partial charge in [-0.2, -0.15) is 0 Å². The first-order chi connectivity index (χ1) is 21.1. The van der Waals surface area contributed by atoms with Crippen molar-refractivity contribution in [1.82, 2.24) is 10.2 Å². The molecule has 0 aliphatic heterocycles. The van der Waals surface area contributed by atoms with Crippen molar-refractivity contribution < 1.29 is 22.9 Å². The summed E-state index contributed by atoms with van der Waals surface area (Å²) in [5.74, 6) is -1.04. The van der Waals surface area contributed by atoms with Crippen molar-refractivity contribution in [2.75, 3.05) is 17.4 Å². The van der Waals surface area contributed by atoms with E-state index in [-0.39, 0.29) is 29.2 Å². The van der Waals surface area contributed by atoms with Gasteiger partial charge in [-0.3, -0.25) is 24.0 Å². The summed E-state index contributed by atoms with van der Waals surface area (Å²) >= 11 is 6.09. The maximum atomic E-state index is 14.3. The Bertz CT molecular complexity index is 1690. The third-order valence-corrected chi connectivity index (χ3v) is 8.89. The lowest BCUT2D eigenvalue weighted by Crippen LogP contribution is -2.53. The first-order valence-electron chi connectivity index (χ1n) is 13.8. The summed E-state index contributed by atoms with van der Waals surface area (Å²) in [7, 11) is -4.31. The van der Waals surface area contributed by atoms with Crippen LogP contribution in [-0.4, -0.2) is 49.2 Å². The number of benzene rings is 4. The summed E-state index contributed by atoms with van der Waals surface area (Å²) in [4.78, 5) is 39.8. The van der Waals surface area contributed by atoms with Crippen molar-refractivity contribution in [3.63, 3.8) is 0 Å². The molecule has 2 amide bonds. The number of hydrogen-bond donors (Lipinski definition) is 1. The highest BCUT2D eigenvalue weighted by atomic mass is 35.5. The number of nitro groups is 1. The van der Waals surface area contributed by atoms with Crippen LogP contribution in [0.25, 0.3) is 0 Å². The molecule has 4 aromatic carbocycles. The molecule has 0 unspecified atom stereocenters. The first kappa shape index (κ1) is 32.2. The molecule has 0 spiro atoms. The minimum absolute atomic E-state index is 0.00980. The molecule has 0 bridgehead atoms. The monoisotopic (exact) mass is 634 g/mol. The van der Waals surface area contributed by atoms with E-state index < -0.39 is 39.3 Å². The maximum Gasteiger partial charge on any atom is 0.269 e. The summed E-state index contributed by atoms with van der Waals surface area (Å²) in [6, 6.07) is 27.5. The molecule has 1 atom stereocenters.